The highest BCUT2D eigenvalue weighted by Gasteiger charge is 2.51. The summed E-state index contributed by atoms with van der Waals surface area (Å²) in [6, 6.07) is 8.34. The molecule has 0 spiro atoms. The van der Waals surface area contributed by atoms with E-state index in [9.17, 15) is 14.4 Å². The van der Waals surface area contributed by atoms with E-state index in [0.29, 0.717) is 19.3 Å². The van der Waals surface area contributed by atoms with Crippen molar-refractivity contribution < 1.29 is 23.9 Å². The fourth-order valence-corrected chi connectivity index (χ4v) is 3.70. The predicted octanol–water partition coefficient (Wildman–Crippen LogP) is 2.31. The summed E-state index contributed by atoms with van der Waals surface area (Å²) in [4.78, 5) is 38.2. The molecule has 1 aromatic rings. The van der Waals surface area contributed by atoms with Crippen molar-refractivity contribution in [2.45, 2.75) is 44.4 Å². The number of amides is 1. The van der Waals surface area contributed by atoms with Crippen molar-refractivity contribution in [3.63, 3.8) is 0 Å². The number of methoxy groups -OCH3 is 1. The van der Waals surface area contributed by atoms with E-state index in [1.54, 1.807) is 0 Å². The normalized spacial score (nSPS) is 26.0. The lowest BCUT2D eigenvalue weighted by atomic mass is 9.83. The molecular formula is C18H21NO5. The number of nitrogens with zero attached hydrogens (tertiary/aromatic N) is 1. The Hall–Kier alpha value is -2.37. The summed E-state index contributed by atoms with van der Waals surface area (Å²) in [5.74, 6) is -0.653. The molecule has 1 heterocycles. The zero-order chi connectivity index (χ0) is 17.1. The third-order valence-electron chi connectivity index (χ3n) is 4.86. The highest BCUT2D eigenvalue weighted by Crippen LogP contribution is 2.38. The van der Waals surface area contributed by atoms with Crippen LogP contribution in [-0.2, 0) is 25.7 Å². The summed E-state index contributed by atoms with van der Waals surface area (Å²) in [7, 11) is 1.29. The first-order valence-corrected chi connectivity index (χ1v) is 8.21. The van der Waals surface area contributed by atoms with Crippen molar-refractivity contribution in [2.75, 3.05) is 7.11 Å². The number of hydrogen-bond donors (Lipinski definition) is 0. The first kappa shape index (κ1) is 16.5. The maximum Gasteiger partial charge on any atom is 0.411 e. The lowest BCUT2D eigenvalue weighted by Crippen LogP contribution is -2.47. The second kappa shape index (κ2) is 7.03. The Morgan fingerprint density at radius 1 is 1.25 bits per heavy atom. The van der Waals surface area contributed by atoms with Gasteiger partial charge in [-0.2, -0.15) is 0 Å². The minimum Gasteiger partial charge on any atom is -0.467 e. The summed E-state index contributed by atoms with van der Waals surface area (Å²) in [5, 5.41) is 0. The van der Waals surface area contributed by atoms with Gasteiger partial charge in [-0.15, -0.1) is 0 Å². The minimum atomic E-state index is -0.740. The second-order valence-corrected chi connectivity index (χ2v) is 6.25. The average Bonchev–Trinajstić information content (AvgIpc) is 3.01. The van der Waals surface area contributed by atoms with E-state index < -0.39 is 18.1 Å². The van der Waals surface area contributed by atoms with Gasteiger partial charge in [0.1, 0.15) is 18.4 Å². The smallest absolute Gasteiger partial charge is 0.411 e. The zero-order valence-electron chi connectivity index (χ0n) is 13.6. The van der Waals surface area contributed by atoms with Crippen LogP contribution < -0.4 is 0 Å². The zero-order valence-corrected chi connectivity index (χ0v) is 13.6. The molecule has 6 nitrogen and oxygen atoms in total. The van der Waals surface area contributed by atoms with Crippen molar-refractivity contribution in [1.82, 2.24) is 4.90 Å². The van der Waals surface area contributed by atoms with Crippen LogP contribution >= 0.6 is 0 Å². The van der Waals surface area contributed by atoms with Gasteiger partial charge < -0.3 is 9.47 Å². The molecule has 0 unspecified atom stereocenters. The lowest BCUT2D eigenvalue weighted by molar-refractivity contribution is -0.145. The van der Waals surface area contributed by atoms with E-state index in [1.807, 2.05) is 30.3 Å². The summed E-state index contributed by atoms with van der Waals surface area (Å²) < 4.78 is 10.2. The van der Waals surface area contributed by atoms with Gasteiger partial charge in [-0.05, 0) is 24.8 Å². The van der Waals surface area contributed by atoms with Crippen LogP contribution in [0.25, 0.3) is 0 Å². The van der Waals surface area contributed by atoms with Crippen LogP contribution in [0.1, 0.15) is 31.2 Å². The van der Waals surface area contributed by atoms with E-state index in [-0.39, 0.29) is 24.3 Å². The van der Waals surface area contributed by atoms with Gasteiger partial charge in [-0.25, -0.2) is 9.59 Å². The Kier molecular flexibility index (Phi) is 4.83. The summed E-state index contributed by atoms with van der Waals surface area (Å²) in [6.07, 6.45) is 1.73. The van der Waals surface area contributed by atoms with Crippen LogP contribution in [-0.4, -0.2) is 41.9 Å². The number of benzene rings is 1. The number of ether oxygens (including phenoxy) is 2. The van der Waals surface area contributed by atoms with Gasteiger partial charge in [-0.3, -0.25) is 9.69 Å². The Bertz CT molecular complexity index is 630. The lowest BCUT2D eigenvalue weighted by Gasteiger charge is -2.31. The fourth-order valence-electron chi connectivity index (χ4n) is 3.70. The largest absolute Gasteiger partial charge is 0.467 e. The number of rotatable bonds is 3. The molecule has 0 radical (unpaired) electrons. The number of hydrogen-bond acceptors (Lipinski definition) is 5. The second-order valence-electron chi connectivity index (χ2n) is 6.25. The average molecular weight is 331 g/mol. The Balaban J connectivity index is 1.75. The maximum atomic E-state index is 12.6. The van der Waals surface area contributed by atoms with E-state index in [2.05, 4.69) is 0 Å². The molecule has 1 aromatic carbocycles. The highest BCUT2D eigenvalue weighted by molar-refractivity contribution is 5.88. The number of carbonyl (C=O) groups excluding carboxylic acids is 3. The van der Waals surface area contributed by atoms with Crippen LogP contribution in [0.15, 0.2) is 30.3 Å². The number of carbonyl (C=O) groups is 3. The molecule has 128 valence electrons. The molecule has 1 aliphatic carbocycles. The number of fused-ring (bicyclic) bond motifs is 1. The van der Waals surface area contributed by atoms with Crippen molar-refractivity contribution >= 4 is 17.8 Å². The first-order chi connectivity index (χ1) is 11.6. The third kappa shape index (κ3) is 3.13. The summed E-state index contributed by atoms with van der Waals surface area (Å²) in [5.41, 5.74) is 0.871. The van der Waals surface area contributed by atoms with Gasteiger partial charge in [0.05, 0.1) is 7.11 Å². The molecule has 1 saturated heterocycles. The van der Waals surface area contributed by atoms with Gasteiger partial charge in [0.2, 0.25) is 0 Å². The van der Waals surface area contributed by atoms with E-state index in [1.165, 1.54) is 12.0 Å². The Labute approximate surface area is 140 Å². The van der Waals surface area contributed by atoms with Crippen LogP contribution in [0.4, 0.5) is 4.79 Å². The summed E-state index contributed by atoms with van der Waals surface area (Å²) in [6.45, 7) is 0.134. The monoisotopic (exact) mass is 331 g/mol. The number of ketones is 1. The number of Topliss-reactive ketones (excluding diaryl/α,β-unsaturated/α-hetero) is 1. The standard InChI is InChI=1S/C18H21NO5/c1-23-17(21)15-10-13-14(8-5-9-16(13)20)19(15)18(22)24-11-12-6-3-2-4-7-12/h2-4,6-7,13-15H,5,8-11H2,1H3/t13-,14-,15+/m1/s1. The summed E-state index contributed by atoms with van der Waals surface area (Å²) >= 11 is 0. The van der Waals surface area contributed by atoms with Gasteiger partial charge in [0.25, 0.3) is 0 Å². The molecule has 3 atom stereocenters. The third-order valence-corrected chi connectivity index (χ3v) is 4.86. The molecule has 2 aliphatic rings. The molecule has 3 rings (SSSR count). The molecule has 24 heavy (non-hydrogen) atoms. The van der Waals surface area contributed by atoms with E-state index in [4.69, 9.17) is 9.47 Å². The van der Waals surface area contributed by atoms with Gasteiger partial charge >= 0.3 is 12.1 Å². The van der Waals surface area contributed by atoms with Gasteiger partial charge in [0, 0.05) is 18.4 Å². The quantitative estimate of drug-likeness (QED) is 0.795. The van der Waals surface area contributed by atoms with Crippen molar-refractivity contribution in [3.8, 4) is 0 Å². The molecule has 0 N–H and O–H groups in total. The van der Waals surface area contributed by atoms with Crippen molar-refractivity contribution in [1.29, 1.82) is 0 Å². The topological polar surface area (TPSA) is 72.9 Å². The maximum absolute atomic E-state index is 12.6. The molecule has 6 heteroatoms. The first-order valence-electron chi connectivity index (χ1n) is 8.21. The SMILES string of the molecule is COC(=O)[C@@H]1C[C@H]2C(=O)CCC[C@H]2N1C(=O)OCc1ccccc1. The molecular weight excluding hydrogens is 310 g/mol. The molecule has 0 aromatic heterocycles. The van der Waals surface area contributed by atoms with Crippen LogP contribution in [0.2, 0.25) is 0 Å². The fraction of sp³-hybridized carbons (Fsp3) is 0.500. The molecule has 1 aliphatic heterocycles. The predicted molar refractivity (Wildman–Crippen MR) is 85.0 cm³/mol. The Morgan fingerprint density at radius 3 is 2.71 bits per heavy atom. The van der Waals surface area contributed by atoms with Gasteiger partial charge in [-0.1, -0.05) is 30.3 Å². The van der Waals surface area contributed by atoms with Crippen LogP contribution in [0, 0.1) is 5.92 Å². The highest BCUT2D eigenvalue weighted by atomic mass is 16.6. The molecule has 1 amide bonds. The minimum absolute atomic E-state index is 0.124. The van der Waals surface area contributed by atoms with Crippen molar-refractivity contribution in [3.05, 3.63) is 35.9 Å². The molecule has 0 bridgehead atoms. The molecule has 2 fully saturated rings. The molecule has 1 saturated carbocycles. The van der Waals surface area contributed by atoms with Crippen LogP contribution in [0.5, 0.6) is 0 Å². The van der Waals surface area contributed by atoms with Gasteiger partial charge in [0.15, 0.2) is 0 Å². The van der Waals surface area contributed by atoms with E-state index in [0.717, 1.165) is 12.0 Å². The van der Waals surface area contributed by atoms with E-state index >= 15 is 0 Å². The number of esters is 1. The van der Waals surface area contributed by atoms with Crippen LogP contribution in [0.3, 0.4) is 0 Å². The number of likely N-dealkylation sites (tertiary alicyclic amines) is 1. The van der Waals surface area contributed by atoms with Crippen molar-refractivity contribution in [2.24, 2.45) is 5.92 Å². The Morgan fingerprint density at radius 2 is 2.00 bits per heavy atom.